The van der Waals surface area contributed by atoms with E-state index >= 15 is 0 Å². The Kier molecular flexibility index (Phi) is 4.46. The van der Waals surface area contributed by atoms with Crippen molar-refractivity contribution in [2.75, 3.05) is 7.11 Å². The van der Waals surface area contributed by atoms with E-state index in [4.69, 9.17) is 4.74 Å². The molecule has 0 radical (unpaired) electrons. The molecule has 0 aliphatic carbocycles. The van der Waals surface area contributed by atoms with Crippen LogP contribution in [-0.4, -0.2) is 16.7 Å². The first-order valence-electron chi connectivity index (χ1n) is 7.25. The van der Waals surface area contributed by atoms with Crippen LogP contribution in [0.25, 0.3) is 5.69 Å². The van der Waals surface area contributed by atoms with E-state index in [-0.39, 0.29) is 5.41 Å². The molecule has 120 valence electrons. The third-order valence-corrected chi connectivity index (χ3v) is 3.45. The first kappa shape index (κ1) is 16.6. The van der Waals surface area contributed by atoms with E-state index in [2.05, 4.69) is 37.6 Å². The summed E-state index contributed by atoms with van der Waals surface area (Å²) in [7, 11) is 1.61. The molecule has 0 aliphatic rings. The molecule has 1 aromatic heterocycles. The Morgan fingerprint density at radius 1 is 1.22 bits per heavy atom. The van der Waals surface area contributed by atoms with Gasteiger partial charge in [0.25, 0.3) is 5.56 Å². The number of hydrogen-bond acceptors (Lipinski definition) is 3. The van der Waals surface area contributed by atoms with Gasteiger partial charge in [0.2, 0.25) is 0 Å². The summed E-state index contributed by atoms with van der Waals surface area (Å²) in [6.45, 7) is 7.93. The molecule has 1 heterocycles. The third kappa shape index (κ3) is 3.37. The Hall–Kier alpha value is -2.74. The lowest BCUT2D eigenvalue weighted by Crippen LogP contribution is -2.28. The lowest BCUT2D eigenvalue weighted by Gasteiger charge is -2.24. The number of hydrogen-bond donors (Lipinski definition) is 1. The smallest absolute Gasteiger partial charge is 0.332 e. The Balaban J connectivity index is 2.84. The van der Waals surface area contributed by atoms with E-state index in [1.165, 1.54) is 16.8 Å². The van der Waals surface area contributed by atoms with Crippen molar-refractivity contribution in [3.8, 4) is 23.3 Å². The van der Waals surface area contributed by atoms with Crippen LogP contribution in [0.15, 0.2) is 34.0 Å². The summed E-state index contributed by atoms with van der Waals surface area (Å²) < 4.78 is 6.93. The summed E-state index contributed by atoms with van der Waals surface area (Å²) in [5.74, 6) is 6.58. The molecule has 0 saturated carbocycles. The molecule has 0 saturated heterocycles. The largest absolute Gasteiger partial charge is 0.495 e. The van der Waals surface area contributed by atoms with E-state index in [1.807, 2.05) is 6.07 Å². The molecule has 5 heteroatoms. The predicted molar refractivity (Wildman–Crippen MR) is 90.5 cm³/mol. The number of nitrogens with zero attached hydrogens (tertiary/aromatic N) is 1. The Morgan fingerprint density at radius 2 is 1.91 bits per heavy atom. The van der Waals surface area contributed by atoms with Crippen LogP contribution in [0.4, 0.5) is 0 Å². The zero-order chi connectivity index (χ0) is 17.2. The molecule has 2 rings (SSSR count). The summed E-state index contributed by atoms with van der Waals surface area (Å²) >= 11 is 0. The van der Waals surface area contributed by atoms with Crippen molar-refractivity contribution < 1.29 is 4.74 Å². The summed E-state index contributed by atoms with van der Waals surface area (Å²) in [5.41, 5.74) is 1.16. The first-order valence-corrected chi connectivity index (χ1v) is 7.25. The molecule has 5 nitrogen and oxygen atoms in total. The highest BCUT2D eigenvalue weighted by atomic mass is 16.5. The van der Waals surface area contributed by atoms with Crippen molar-refractivity contribution >= 4 is 0 Å². The van der Waals surface area contributed by atoms with Crippen molar-refractivity contribution in [2.24, 2.45) is 0 Å². The van der Waals surface area contributed by atoms with Crippen molar-refractivity contribution in [1.82, 2.24) is 9.55 Å². The molecular weight excluding hydrogens is 292 g/mol. The van der Waals surface area contributed by atoms with Gasteiger partial charge in [0.15, 0.2) is 0 Å². The van der Waals surface area contributed by atoms with Gasteiger partial charge >= 0.3 is 5.69 Å². The second kappa shape index (κ2) is 6.17. The van der Waals surface area contributed by atoms with E-state index in [0.717, 1.165) is 5.56 Å². The molecule has 0 spiro atoms. The number of ether oxygens (including phenoxy) is 1. The second-order valence-electron chi connectivity index (χ2n) is 6.18. The number of benzene rings is 1. The summed E-state index contributed by atoms with van der Waals surface area (Å²) in [6.07, 6.45) is 1.46. The molecule has 2 aromatic rings. The van der Waals surface area contributed by atoms with Gasteiger partial charge in [0.1, 0.15) is 5.75 Å². The normalized spacial score (nSPS) is 10.8. The SMILES string of the molecule is CC#Cc1cc(-n2ccc(=O)[nH]c2=O)cc(C(C)(C)C)c1OC. The van der Waals surface area contributed by atoms with Crippen LogP contribution in [0.1, 0.15) is 38.8 Å². The summed E-state index contributed by atoms with van der Waals surface area (Å²) in [6, 6.07) is 4.98. The van der Waals surface area contributed by atoms with Crippen molar-refractivity contribution in [3.05, 3.63) is 56.4 Å². The van der Waals surface area contributed by atoms with Crippen LogP contribution in [0, 0.1) is 11.8 Å². The molecule has 0 aliphatic heterocycles. The Bertz CT molecular complexity index is 903. The lowest BCUT2D eigenvalue weighted by atomic mass is 9.84. The zero-order valence-electron chi connectivity index (χ0n) is 14.0. The maximum atomic E-state index is 12.1. The molecule has 0 fully saturated rings. The Morgan fingerprint density at radius 3 is 2.43 bits per heavy atom. The van der Waals surface area contributed by atoms with Gasteiger partial charge in [-0.2, -0.15) is 0 Å². The fraction of sp³-hybridized carbons (Fsp3) is 0.333. The number of nitrogens with one attached hydrogen (secondary N) is 1. The number of methoxy groups -OCH3 is 1. The van der Waals surface area contributed by atoms with Crippen LogP contribution in [0.3, 0.4) is 0 Å². The first-order chi connectivity index (χ1) is 10.8. The highest BCUT2D eigenvalue weighted by Crippen LogP contribution is 2.35. The number of rotatable bonds is 2. The van der Waals surface area contributed by atoms with Gasteiger partial charge in [-0.1, -0.05) is 26.7 Å². The minimum absolute atomic E-state index is 0.197. The van der Waals surface area contributed by atoms with Crippen molar-refractivity contribution in [1.29, 1.82) is 0 Å². The van der Waals surface area contributed by atoms with Crippen molar-refractivity contribution in [3.63, 3.8) is 0 Å². The van der Waals surface area contributed by atoms with E-state index in [9.17, 15) is 9.59 Å². The van der Waals surface area contributed by atoms with Gasteiger partial charge in [0.05, 0.1) is 18.4 Å². The maximum Gasteiger partial charge on any atom is 0.332 e. The predicted octanol–water partition coefficient (Wildman–Crippen LogP) is 2.20. The van der Waals surface area contributed by atoms with Gasteiger partial charge in [-0.25, -0.2) is 4.79 Å². The minimum atomic E-state index is -0.488. The molecule has 23 heavy (non-hydrogen) atoms. The van der Waals surface area contributed by atoms with Crippen LogP contribution in [0.2, 0.25) is 0 Å². The van der Waals surface area contributed by atoms with E-state index in [1.54, 1.807) is 20.1 Å². The minimum Gasteiger partial charge on any atom is -0.495 e. The van der Waals surface area contributed by atoms with Gasteiger partial charge in [-0.15, -0.1) is 5.92 Å². The molecule has 0 unspecified atom stereocenters. The van der Waals surface area contributed by atoms with Gasteiger partial charge in [-0.3, -0.25) is 14.3 Å². The quantitative estimate of drug-likeness (QED) is 0.865. The highest BCUT2D eigenvalue weighted by molar-refractivity contribution is 5.58. The third-order valence-electron chi connectivity index (χ3n) is 3.45. The standard InChI is InChI=1S/C18H20N2O3/c1-6-7-12-10-13(20-9-8-15(21)19-17(20)22)11-14(16(12)23-5)18(2,3)4/h8-11H,1-5H3,(H,19,21,22). The maximum absolute atomic E-state index is 12.1. The number of H-pyrrole nitrogens is 1. The topological polar surface area (TPSA) is 64.1 Å². The number of aromatic nitrogens is 2. The molecule has 0 atom stereocenters. The molecule has 0 bridgehead atoms. The Labute approximate surface area is 134 Å². The summed E-state index contributed by atoms with van der Waals surface area (Å²) in [4.78, 5) is 25.6. The van der Waals surface area contributed by atoms with E-state index < -0.39 is 11.2 Å². The molecular formula is C18H20N2O3. The zero-order valence-corrected chi connectivity index (χ0v) is 14.0. The molecule has 1 N–H and O–H groups in total. The summed E-state index contributed by atoms with van der Waals surface area (Å²) in [5, 5.41) is 0. The van der Waals surface area contributed by atoms with Crippen molar-refractivity contribution in [2.45, 2.75) is 33.1 Å². The van der Waals surface area contributed by atoms with Crippen LogP contribution in [-0.2, 0) is 5.41 Å². The van der Waals surface area contributed by atoms with E-state index in [0.29, 0.717) is 17.0 Å². The average Bonchev–Trinajstić information content (AvgIpc) is 2.46. The highest BCUT2D eigenvalue weighted by Gasteiger charge is 2.22. The molecule has 1 aromatic carbocycles. The van der Waals surface area contributed by atoms with Gasteiger partial charge < -0.3 is 4.74 Å². The van der Waals surface area contributed by atoms with Crippen LogP contribution in [0.5, 0.6) is 5.75 Å². The lowest BCUT2D eigenvalue weighted by molar-refractivity contribution is 0.396. The average molecular weight is 312 g/mol. The van der Waals surface area contributed by atoms with Gasteiger partial charge in [-0.05, 0) is 24.5 Å². The number of aromatic amines is 1. The van der Waals surface area contributed by atoms with Crippen LogP contribution < -0.4 is 16.0 Å². The fourth-order valence-corrected chi connectivity index (χ4v) is 2.38. The molecule has 0 amide bonds. The fourth-order valence-electron chi connectivity index (χ4n) is 2.38. The monoisotopic (exact) mass is 312 g/mol. The second-order valence-corrected chi connectivity index (χ2v) is 6.18. The van der Waals surface area contributed by atoms with Gasteiger partial charge in [0, 0.05) is 17.8 Å². The van der Waals surface area contributed by atoms with Crippen LogP contribution >= 0.6 is 0 Å².